The van der Waals surface area contributed by atoms with Crippen LogP contribution in [0.5, 0.6) is 0 Å². The van der Waals surface area contributed by atoms with Gasteiger partial charge in [-0.3, -0.25) is 0 Å². The predicted octanol–water partition coefficient (Wildman–Crippen LogP) is 2.23. The summed E-state index contributed by atoms with van der Waals surface area (Å²) < 4.78 is 0. The Bertz CT molecular complexity index is 374. The molecule has 1 saturated carbocycles. The molecule has 5 nitrogen and oxygen atoms in total. The summed E-state index contributed by atoms with van der Waals surface area (Å²) in [5.74, 6) is 2.58. The maximum absolute atomic E-state index is 5.72. The lowest BCUT2D eigenvalue weighted by atomic mass is 10.1. The third kappa shape index (κ3) is 5.03. The molecule has 106 valence electrons. The van der Waals surface area contributed by atoms with Crippen LogP contribution in [-0.4, -0.2) is 29.1 Å². The van der Waals surface area contributed by atoms with E-state index in [1.807, 2.05) is 13.0 Å². The minimum atomic E-state index is 0.217. The molecule has 1 aliphatic rings. The van der Waals surface area contributed by atoms with Gasteiger partial charge in [-0.1, -0.05) is 12.8 Å². The second-order valence-corrected chi connectivity index (χ2v) is 5.51. The summed E-state index contributed by atoms with van der Waals surface area (Å²) in [6.07, 6.45) is 7.98. The van der Waals surface area contributed by atoms with Crippen molar-refractivity contribution in [2.45, 2.75) is 45.1 Å². The lowest BCUT2D eigenvalue weighted by Crippen LogP contribution is -2.19. The van der Waals surface area contributed by atoms with Gasteiger partial charge < -0.3 is 16.4 Å². The molecule has 1 fully saturated rings. The molecule has 0 radical (unpaired) electrons. The normalized spacial score (nSPS) is 17.4. The molecule has 1 atom stereocenters. The van der Waals surface area contributed by atoms with Crippen LogP contribution in [-0.2, 0) is 0 Å². The second kappa shape index (κ2) is 7.28. The Balaban J connectivity index is 1.77. The number of nitrogens with two attached hydrogens (primary N) is 1. The first-order valence-corrected chi connectivity index (χ1v) is 7.29. The first-order valence-electron chi connectivity index (χ1n) is 7.29. The van der Waals surface area contributed by atoms with E-state index in [4.69, 9.17) is 5.73 Å². The van der Waals surface area contributed by atoms with Crippen LogP contribution >= 0.6 is 0 Å². The summed E-state index contributed by atoms with van der Waals surface area (Å²) >= 11 is 0. The summed E-state index contributed by atoms with van der Waals surface area (Å²) in [6, 6.07) is 2.19. The number of hydrogen-bond donors (Lipinski definition) is 3. The lowest BCUT2D eigenvalue weighted by Gasteiger charge is -2.12. The quantitative estimate of drug-likeness (QED) is 0.703. The van der Waals surface area contributed by atoms with Gasteiger partial charge in [0.2, 0.25) is 0 Å². The van der Waals surface area contributed by atoms with Crippen molar-refractivity contribution in [2.24, 2.45) is 11.7 Å². The Morgan fingerprint density at radius 3 is 2.63 bits per heavy atom. The molecule has 1 heterocycles. The van der Waals surface area contributed by atoms with Gasteiger partial charge in [0.25, 0.3) is 0 Å². The van der Waals surface area contributed by atoms with Crippen LogP contribution in [0, 0.1) is 5.92 Å². The first-order chi connectivity index (χ1) is 9.24. The molecular weight excluding hydrogens is 238 g/mol. The highest BCUT2D eigenvalue weighted by Crippen LogP contribution is 2.24. The predicted molar refractivity (Wildman–Crippen MR) is 79.2 cm³/mol. The molecule has 1 aliphatic carbocycles. The van der Waals surface area contributed by atoms with E-state index in [0.717, 1.165) is 37.1 Å². The lowest BCUT2D eigenvalue weighted by molar-refractivity contribution is 0.579. The number of aromatic nitrogens is 2. The molecule has 1 aromatic rings. The average Bonchev–Trinajstić information content (AvgIpc) is 2.89. The SMILES string of the molecule is CC(N)CCNc1cc(NCC2CCCC2)ncn1. The third-order valence-corrected chi connectivity index (χ3v) is 3.62. The Kier molecular flexibility index (Phi) is 5.39. The molecule has 1 unspecified atom stereocenters. The van der Waals surface area contributed by atoms with Gasteiger partial charge in [0.1, 0.15) is 18.0 Å². The summed E-state index contributed by atoms with van der Waals surface area (Å²) in [4.78, 5) is 8.47. The van der Waals surface area contributed by atoms with Gasteiger partial charge in [-0.15, -0.1) is 0 Å². The summed E-state index contributed by atoms with van der Waals surface area (Å²) in [6.45, 7) is 3.88. The van der Waals surface area contributed by atoms with Crippen LogP contribution in [0.25, 0.3) is 0 Å². The minimum absolute atomic E-state index is 0.217. The van der Waals surface area contributed by atoms with Crippen molar-refractivity contribution in [3.63, 3.8) is 0 Å². The summed E-state index contributed by atoms with van der Waals surface area (Å²) in [7, 11) is 0. The van der Waals surface area contributed by atoms with E-state index >= 15 is 0 Å². The standard InChI is InChI=1S/C14H25N5/c1-11(15)6-7-16-13-8-14(19-10-18-13)17-9-12-4-2-3-5-12/h8,10-12H,2-7,9,15H2,1H3,(H2,16,17,18,19). The zero-order valence-corrected chi connectivity index (χ0v) is 11.7. The highest BCUT2D eigenvalue weighted by atomic mass is 15.1. The van der Waals surface area contributed by atoms with Gasteiger partial charge in [-0.2, -0.15) is 0 Å². The van der Waals surface area contributed by atoms with Crippen molar-refractivity contribution in [3.8, 4) is 0 Å². The molecule has 0 saturated heterocycles. The number of nitrogens with zero attached hydrogens (tertiary/aromatic N) is 2. The fourth-order valence-corrected chi connectivity index (χ4v) is 2.44. The molecule has 2 rings (SSSR count). The van der Waals surface area contributed by atoms with Crippen molar-refractivity contribution < 1.29 is 0 Å². The molecule has 4 N–H and O–H groups in total. The highest BCUT2D eigenvalue weighted by molar-refractivity contribution is 5.46. The Morgan fingerprint density at radius 1 is 1.26 bits per heavy atom. The minimum Gasteiger partial charge on any atom is -0.370 e. The molecule has 0 spiro atoms. The van der Waals surface area contributed by atoms with E-state index in [-0.39, 0.29) is 6.04 Å². The molecule has 0 amide bonds. The second-order valence-electron chi connectivity index (χ2n) is 5.51. The number of hydrogen-bond acceptors (Lipinski definition) is 5. The van der Waals surface area contributed by atoms with Crippen molar-refractivity contribution in [1.29, 1.82) is 0 Å². The Labute approximate surface area is 115 Å². The van der Waals surface area contributed by atoms with E-state index in [0.29, 0.717) is 0 Å². The smallest absolute Gasteiger partial charge is 0.131 e. The zero-order chi connectivity index (χ0) is 13.5. The van der Waals surface area contributed by atoms with Crippen molar-refractivity contribution in [3.05, 3.63) is 12.4 Å². The number of rotatable bonds is 7. The van der Waals surface area contributed by atoms with Crippen LogP contribution in [0.4, 0.5) is 11.6 Å². The van der Waals surface area contributed by atoms with Gasteiger partial charge in [-0.05, 0) is 32.1 Å². The van der Waals surface area contributed by atoms with Crippen LogP contribution in [0.15, 0.2) is 12.4 Å². The van der Waals surface area contributed by atoms with E-state index in [1.54, 1.807) is 6.33 Å². The zero-order valence-electron chi connectivity index (χ0n) is 11.7. The molecule has 19 heavy (non-hydrogen) atoms. The van der Waals surface area contributed by atoms with Crippen LogP contribution < -0.4 is 16.4 Å². The Hall–Kier alpha value is -1.36. The monoisotopic (exact) mass is 263 g/mol. The topological polar surface area (TPSA) is 75.9 Å². The van der Waals surface area contributed by atoms with Crippen LogP contribution in [0.3, 0.4) is 0 Å². The van der Waals surface area contributed by atoms with E-state index in [9.17, 15) is 0 Å². The van der Waals surface area contributed by atoms with E-state index < -0.39 is 0 Å². The van der Waals surface area contributed by atoms with Crippen LogP contribution in [0.1, 0.15) is 39.0 Å². The van der Waals surface area contributed by atoms with Gasteiger partial charge in [0.15, 0.2) is 0 Å². The summed E-state index contributed by atoms with van der Waals surface area (Å²) in [5, 5.41) is 6.68. The first kappa shape index (κ1) is 14.1. The highest BCUT2D eigenvalue weighted by Gasteiger charge is 2.14. The largest absolute Gasteiger partial charge is 0.370 e. The fraction of sp³-hybridized carbons (Fsp3) is 0.714. The summed E-state index contributed by atoms with van der Waals surface area (Å²) in [5.41, 5.74) is 5.72. The average molecular weight is 263 g/mol. The molecule has 5 heteroatoms. The van der Waals surface area contributed by atoms with Crippen molar-refractivity contribution in [1.82, 2.24) is 9.97 Å². The molecule has 0 aromatic carbocycles. The van der Waals surface area contributed by atoms with Crippen molar-refractivity contribution in [2.75, 3.05) is 23.7 Å². The third-order valence-electron chi connectivity index (χ3n) is 3.62. The maximum atomic E-state index is 5.72. The Morgan fingerprint density at radius 2 is 1.95 bits per heavy atom. The van der Waals surface area contributed by atoms with E-state index in [1.165, 1.54) is 25.7 Å². The fourth-order valence-electron chi connectivity index (χ4n) is 2.44. The number of nitrogens with one attached hydrogen (secondary N) is 2. The van der Waals surface area contributed by atoms with Gasteiger partial charge in [0.05, 0.1) is 0 Å². The van der Waals surface area contributed by atoms with Crippen LogP contribution in [0.2, 0.25) is 0 Å². The van der Waals surface area contributed by atoms with Crippen molar-refractivity contribution >= 4 is 11.6 Å². The van der Waals surface area contributed by atoms with E-state index in [2.05, 4.69) is 20.6 Å². The molecule has 1 aromatic heterocycles. The van der Waals surface area contributed by atoms with Gasteiger partial charge in [0, 0.05) is 25.2 Å². The van der Waals surface area contributed by atoms with Gasteiger partial charge >= 0.3 is 0 Å². The number of anilines is 2. The maximum Gasteiger partial charge on any atom is 0.131 e. The molecule has 0 aliphatic heterocycles. The van der Waals surface area contributed by atoms with Gasteiger partial charge in [-0.25, -0.2) is 9.97 Å². The molecule has 0 bridgehead atoms. The molecular formula is C14H25N5.